The number of methoxy groups -OCH3 is 1. The topological polar surface area (TPSA) is 57.2 Å². The van der Waals surface area contributed by atoms with Crippen LogP contribution in [-0.4, -0.2) is 68.6 Å². The number of hydrogen-bond donors (Lipinski definition) is 1. The number of carbonyl (C=O) groups is 1. The summed E-state index contributed by atoms with van der Waals surface area (Å²) in [5.41, 5.74) is 0. The van der Waals surface area contributed by atoms with E-state index >= 15 is 0 Å². The zero-order valence-electron chi connectivity index (χ0n) is 16.2. The van der Waals surface area contributed by atoms with Gasteiger partial charge in [-0.1, -0.05) is 6.07 Å². The van der Waals surface area contributed by atoms with Crippen LogP contribution in [0.25, 0.3) is 0 Å². The van der Waals surface area contributed by atoms with E-state index in [1.54, 1.807) is 0 Å². The van der Waals surface area contributed by atoms with E-state index in [0.717, 1.165) is 38.4 Å². The van der Waals surface area contributed by atoms with Crippen molar-refractivity contribution in [2.75, 3.05) is 46.9 Å². The number of hydrogen-bond acceptors (Lipinski definition) is 5. The zero-order valence-corrected chi connectivity index (χ0v) is 19.4. The van der Waals surface area contributed by atoms with Gasteiger partial charge in [0.2, 0.25) is 0 Å². The minimum atomic E-state index is -0.0839. The van der Waals surface area contributed by atoms with E-state index in [1.807, 2.05) is 18.4 Å². The third-order valence-electron chi connectivity index (χ3n) is 5.45. The van der Waals surface area contributed by atoms with Crippen molar-refractivity contribution in [2.24, 2.45) is 10.9 Å². The van der Waals surface area contributed by atoms with Crippen LogP contribution in [-0.2, 0) is 9.53 Å². The van der Waals surface area contributed by atoms with Crippen LogP contribution in [0, 0.1) is 5.92 Å². The number of carbonyl (C=O) groups excluding carboxylic acids is 1. The number of piperidine rings is 1. The van der Waals surface area contributed by atoms with Crippen LogP contribution < -0.4 is 5.32 Å². The predicted octanol–water partition coefficient (Wildman–Crippen LogP) is 2.96. The number of thiophene rings is 1. The van der Waals surface area contributed by atoms with Crippen molar-refractivity contribution in [2.45, 2.75) is 31.7 Å². The van der Waals surface area contributed by atoms with Gasteiger partial charge in [-0.25, -0.2) is 0 Å². The molecular formula is C19H31IN4O2S. The van der Waals surface area contributed by atoms with E-state index < -0.39 is 0 Å². The molecule has 0 bridgehead atoms. The van der Waals surface area contributed by atoms with Gasteiger partial charge in [0.1, 0.15) is 0 Å². The number of rotatable bonds is 5. The monoisotopic (exact) mass is 506 g/mol. The van der Waals surface area contributed by atoms with Gasteiger partial charge in [0.15, 0.2) is 5.96 Å². The summed E-state index contributed by atoms with van der Waals surface area (Å²) in [6.07, 6.45) is 4.23. The van der Waals surface area contributed by atoms with Crippen molar-refractivity contribution in [3.05, 3.63) is 22.4 Å². The highest BCUT2D eigenvalue weighted by Gasteiger charge is 2.28. The Bertz CT molecular complexity index is 597. The third-order valence-corrected chi connectivity index (χ3v) is 6.42. The van der Waals surface area contributed by atoms with Crippen LogP contribution in [0.5, 0.6) is 0 Å². The fourth-order valence-electron chi connectivity index (χ4n) is 3.96. The average molecular weight is 506 g/mol. The molecule has 2 aliphatic heterocycles. The highest BCUT2D eigenvalue weighted by molar-refractivity contribution is 14.0. The molecule has 0 radical (unpaired) electrons. The SMILES string of the molecule is CN=C(NCC(c1cccs1)N1CCCC1)N1CCC(C(=O)OC)CC1.I. The van der Waals surface area contributed by atoms with Crippen molar-refractivity contribution in [3.63, 3.8) is 0 Å². The second kappa shape index (κ2) is 11.2. The Morgan fingerprint density at radius 3 is 2.59 bits per heavy atom. The average Bonchev–Trinajstić information content (AvgIpc) is 3.39. The summed E-state index contributed by atoms with van der Waals surface area (Å²) in [4.78, 5) is 22.5. The summed E-state index contributed by atoms with van der Waals surface area (Å²) in [6.45, 7) is 4.89. The number of nitrogens with one attached hydrogen (secondary N) is 1. The second-order valence-corrected chi connectivity index (χ2v) is 7.97. The van der Waals surface area contributed by atoms with Crippen LogP contribution >= 0.6 is 35.3 Å². The summed E-state index contributed by atoms with van der Waals surface area (Å²) in [6, 6.07) is 4.77. The number of guanidine groups is 1. The lowest BCUT2D eigenvalue weighted by molar-refractivity contribution is -0.146. The molecule has 1 unspecified atom stereocenters. The van der Waals surface area contributed by atoms with Gasteiger partial charge < -0.3 is 15.0 Å². The van der Waals surface area contributed by atoms with Gasteiger partial charge in [-0.3, -0.25) is 14.7 Å². The Morgan fingerprint density at radius 2 is 2.04 bits per heavy atom. The standard InChI is InChI=1S/C19H30N4O2S.HI/c1-20-19(23-11-7-15(8-12-23)18(24)25-2)21-14-16(17-6-5-13-26-17)22-9-3-4-10-22;/h5-6,13,15-16H,3-4,7-12,14H2,1-2H3,(H,20,21);1H. The maximum absolute atomic E-state index is 11.7. The number of likely N-dealkylation sites (tertiary alicyclic amines) is 2. The molecule has 0 aliphatic carbocycles. The Balaban J connectivity index is 0.00000261. The largest absolute Gasteiger partial charge is 0.469 e. The molecule has 0 saturated carbocycles. The van der Waals surface area contributed by atoms with Gasteiger partial charge in [0, 0.05) is 31.6 Å². The Hall–Kier alpha value is -0.870. The van der Waals surface area contributed by atoms with Gasteiger partial charge in [0.05, 0.1) is 19.1 Å². The predicted molar refractivity (Wildman–Crippen MR) is 121 cm³/mol. The van der Waals surface area contributed by atoms with Crippen molar-refractivity contribution in [1.82, 2.24) is 15.1 Å². The molecule has 1 N–H and O–H groups in total. The lowest BCUT2D eigenvalue weighted by Gasteiger charge is -2.34. The molecule has 27 heavy (non-hydrogen) atoms. The number of nitrogens with zero attached hydrogens (tertiary/aromatic N) is 3. The van der Waals surface area contributed by atoms with E-state index in [4.69, 9.17) is 4.74 Å². The van der Waals surface area contributed by atoms with E-state index in [1.165, 1.54) is 37.9 Å². The highest BCUT2D eigenvalue weighted by Crippen LogP contribution is 2.28. The second-order valence-electron chi connectivity index (χ2n) is 6.99. The zero-order chi connectivity index (χ0) is 18.4. The molecule has 3 heterocycles. The molecule has 0 amide bonds. The number of aliphatic imine (C=N–C) groups is 1. The fraction of sp³-hybridized carbons (Fsp3) is 0.684. The Morgan fingerprint density at radius 1 is 1.33 bits per heavy atom. The summed E-state index contributed by atoms with van der Waals surface area (Å²) in [5.74, 6) is 0.881. The summed E-state index contributed by atoms with van der Waals surface area (Å²) in [5, 5.41) is 5.74. The summed E-state index contributed by atoms with van der Waals surface area (Å²) >= 11 is 1.83. The van der Waals surface area contributed by atoms with Crippen LogP contribution in [0.3, 0.4) is 0 Å². The maximum atomic E-state index is 11.7. The molecule has 0 aromatic carbocycles. The smallest absolute Gasteiger partial charge is 0.308 e. The molecule has 1 aromatic heterocycles. The molecular weight excluding hydrogens is 475 g/mol. The minimum Gasteiger partial charge on any atom is -0.469 e. The summed E-state index contributed by atoms with van der Waals surface area (Å²) < 4.78 is 4.88. The van der Waals surface area contributed by atoms with Crippen LogP contribution in [0.2, 0.25) is 0 Å². The number of esters is 1. The number of halogens is 1. The molecule has 6 nitrogen and oxygen atoms in total. The Labute approximate surface area is 183 Å². The first-order valence-corrected chi connectivity index (χ1v) is 10.4. The lowest BCUT2D eigenvalue weighted by Crippen LogP contribution is -2.48. The lowest BCUT2D eigenvalue weighted by atomic mass is 9.97. The third kappa shape index (κ3) is 5.80. The Kier molecular flexibility index (Phi) is 9.31. The van der Waals surface area contributed by atoms with E-state index in [0.29, 0.717) is 6.04 Å². The summed E-state index contributed by atoms with van der Waals surface area (Å²) in [7, 11) is 3.31. The van der Waals surface area contributed by atoms with Gasteiger partial charge in [0.25, 0.3) is 0 Å². The molecule has 1 atom stereocenters. The van der Waals surface area contributed by atoms with Crippen molar-refractivity contribution < 1.29 is 9.53 Å². The molecule has 152 valence electrons. The van der Waals surface area contributed by atoms with Crippen LogP contribution in [0.1, 0.15) is 36.6 Å². The molecule has 2 aliphatic rings. The molecule has 8 heteroatoms. The van der Waals surface area contributed by atoms with Gasteiger partial charge in [-0.15, -0.1) is 35.3 Å². The van der Waals surface area contributed by atoms with Crippen LogP contribution in [0.15, 0.2) is 22.5 Å². The normalized spacial score (nSPS) is 20.2. The van der Waals surface area contributed by atoms with Gasteiger partial charge in [-0.2, -0.15) is 0 Å². The van der Waals surface area contributed by atoms with Gasteiger partial charge >= 0.3 is 5.97 Å². The highest BCUT2D eigenvalue weighted by atomic mass is 127. The molecule has 3 rings (SSSR count). The van der Waals surface area contributed by atoms with Crippen molar-refractivity contribution in [3.8, 4) is 0 Å². The molecule has 2 fully saturated rings. The quantitative estimate of drug-likeness (QED) is 0.288. The van der Waals surface area contributed by atoms with Crippen molar-refractivity contribution in [1.29, 1.82) is 0 Å². The molecule has 2 saturated heterocycles. The fourth-order valence-corrected chi connectivity index (χ4v) is 4.82. The first kappa shape index (κ1) is 22.4. The first-order chi connectivity index (χ1) is 12.7. The maximum Gasteiger partial charge on any atom is 0.308 e. The first-order valence-electron chi connectivity index (χ1n) is 9.53. The van der Waals surface area contributed by atoms with Crippen LogP contribution in [0.4, 0.5) is 0 Å². The van der Waals surface area contributed by atoms with E-state index in [2.05, 4.69) is 37.6 Å². The molecule has 1 aromatic rings. The van der Waals surface area contributed by atoms with E-state index in [9.17, 15) is 4.79 Å². The number of ether oxygens (including phenoxy) is 1. The van der Waals surface area contributed by atoms with Crippen molar-refractivity contribution >= 4 is 47.2 Å². The van der Waals surface area contributed by atoms with E-state index in [-0.39, 0.29) is 35.9 Å². The van der Waals surface area contributed by atoms with Gasteiger partial charge in [-0.05, 0) is 50.2 Å². The minimum absolute atomic E-state index is 0. The molecule has 0 spiro atoms.